The molecule has 0 spiro atoms. The molecule has 140 valence electrons. The van der Waals surface area contributed by atoms with Gasteiger partial charge in [0.2, 0.25) is 5.43 Å². The maximum absolute atomic E-state index is 14.3. The summed E-state index contributed by atoms with van der Waals surface area (Å²) in [5.41, 5.74) is -0.327. The van der Waals surface area contributed by atoms with Crippen molar-refractivity contribution in [2.45, 2.75) is 13.0 Å². The van der Waals surface area contributed by atoms with E-state index in [1.165, 1.54) is 29.0 Å². The van der Waals surface area contributed by atoms with Crippen LogP contribution in [0.4, 0.5) is 8.78 Å². The van der Waals surface area contributed by atoms with Gasteiger partial charge in [-0.05, 0) is 52.4 Å². The number of aromatic carboxylic acids is 1. The predicted molar refractivity (Wildman–Crippen MR) is 104 cm³/mol. The van der Waals surface area contributed by atoms with Crippen LogP contribution in [0, 0.1) is 15.2 Å². The number of rotatable bonds is 5. The van der Waals surface area contributed by atoms with Gasteiger partial charge in [0.25, 0.3) is 0 Å². The highest BCUT2D eigenvalue weighted by atomic mass is 127. The first-order valence-electron chi connectivity index (χ1n) is 7.96. The van der Waals surface area contributed by atoms with Crippen LogP contribution in [-0.4, -0.2) is 27.4 Å². The normalized spacial score (nSPS) is 11.1. The van der Waals surface area contributed by atoms with Crippen LogP contribution in [0.3, 0.4) is 0 Å². The maximum atomic E-state index is 14.3. The minimum absolute atomic E-state index is 0.0822. The van der Waals surface area contributed by atoms with E-state index in [2.05, 4.69) is 0 Å². The van der Waals surface area contributed by atoms with Crippen molar-refractivity contribution >= 4 is 39.5 Å². The molecule has 0 atom stereocenters. The number of pyridine rings is 1. The van der Waals surface area contributed by atoms with Crippen LogP contribution < -0.4 is 5.43 Å². The van der Waals surface area contributed by atoms with E-state index in [0.717, 1.165) is 0 Å². The summed E-state index contributed by atoms with van der Waals surface area (Å²) in [7, 11) is 0. The highest BCUT2D eigenvalue weighted by molar-refractivity contribution is 14.1. The van der Waals surface area contributed by atoms with Gasteiger partial charge in [0.1, 0.15) is 17.2 Å². The summed E-state index contributed by atoms with van der Waals surface area (Å²) >= 11 is 1.77. The highest BCUT2D eigenvalue weighted by Gasteiger charge is 2.17. The van der Waals surface area contributed by atoms with E-state index >= 15 is 0 Å². The minimum atomic E-state index is -1.38. The molecule has 0 unspecified atom stereocenters. The van der Waals surface area contributed by atoms with Gasteiger partial charge in [0.15, 0.2) is 0 Å². The van der Waals surface area contributed by atoms with Crippen LogP contribution in [0.15, 0.2) is 41.3 Å². The predicted octanol–water partition coefficient (Wildman–Crippen LogP) is 3.17. The second-order valence-electron chi connectivity index (χ2n) is 5.94. The van der Waals surface area contributed by atoms with Crippen molar-refractivity contribution in [1.82, 2.24) is 4.57 Å². The topological polar surface area (TPSA) is 79.5 Å². The van der Waals surface area contributed by atoms with Gasteiger partial charge in [-0.15, -0.1) is 0 Å². The molecule has 0 aliphatic rings. The summed E-state index contributed by atoms with van der Waals surface area (Å²) in [6.45, 7) is -0.131. The fourth-order valence-electron chi connectivity index (χ4n) is 2.93. The number of carboxylic acid groups (broad SMARTS) is 1. The lowest BCUT2D eigenvalue weighted by Gasteiger charge is -2.13. The molecule has 0 fully saturated rings. The molecule has 27 heavy (non-hydrogen) atoms. The van der Waals surface area contributed by atoms with Gasteiger partial charge >= 0.3 is 5.97 Å². The van der Waals surface area contributed by atoms with E-state index in [-0.39, 0.29) is 34.1 Å². The zero-order chi connectivity index (χ0) is 19.7. The first-order chi connectivity index (χ1) is 12.8. The molecule has 5 nitrogen and oxygen atoms in total. The van der Waals surface area contributed by atoms with Crippen molar-refractivity contribution in [3.63, 3.8) is 0 Å². The van der Waals surface area contributed by atoms with Crippen LogP contribution in [0.2, 0.25) is 0 Å². The van der Waals surface area contributed by atoms with Gasteiger partial charge in [0.05, 0.1) is 12.1 Å². The SMILES string of the molecule is O=C(O)c1cn(CCO)c2ccc(Cc3c(F)ccc(I)c3F)cc2c1=O. The molecule has 0 aliphatic heterocycles. The van der Waals surface area contributed by atoms with Crippen LogP contribution in [0.5, 0.6) is 0 Å². The van der Waals surface area contributed by atoms with E-state index in [4.69, 9.17) is 0 Å². The first kappa shape index (κ1) is 19.4. The summed E-state index contributed by atoms with van der Waals surface area (Å²) in [6.07, 6.45) is 1.10. The zero-order valence-corrected chi connectivity index (χ0v) is 16.0. The van der Waals surface area contributed by atoms with Gasteiger partial charge in [0, 0.05) is 33.7 Å². The lowest BCUT2D eigenvalue weighted by molar-refractivity contribution is 0.0694. The van der Waals surface area contributed by atoms with Crippen LogP contribution in [0.1, 0.15) is 21.5 Å². The molecule has 1 aromatic heterocycles. The average Bonchev–Trinajstić information content (AvgIpc) is 2.64. The monoisotopic (exact) mass is 485 g/mol. The van der Waals surface area contributed by atoms with E-state index in [1.807, 2.05) is 0 Å². The van der Waals surface area contributed by atoms with Crippen LogP contribution in [-0.2, 0) is 13.0 Å². The Morgan fingerprint density at radius 1 is 1.19 bits per heavy atom. The van der Waals surface area contributed by atoms with Crippen molar-refractivity contribution in [2.75, 3.05) is 6.61 Å². The van der Waals surface area contributed by atoms with Gasteiger partial charge < -0.3 is 14.8 Å². The molecule has 0 bridgehead atoms. The second kappa shape index (κ2) is 7.73. The van der Waals surface area contributed by atoms with Crippen molar-refractivity contribution in [1.29, 1.82) is 0 Å². The van der Waals surface area contributed by atoms with E-state index < -0.39 is 28.6 Å². The number of halogens is 3. The fourth-order valence-corrected chi connectivity index (χ4v) is 3.44. The molecule has 0 saturated heterocycles. The van der Waals surface area contributed by atoms with Gasteiger partial charge in [-0.2, -0.15) is 0 Å². The number of carbonyl (C=O) groups is 1. The van der Waals surface area contributed by atoms with Gasteiger partial charge in [-0.1, -0.05) is 6.07 Å². The molecule has 0 aliphatic carbocycles. The number of carboxylic acids is 1. The molecule has 2 N–H and O–H groups in total. The van der Waals surface area contributed by atoms with Crippen molar-refractivity contribution in [3.05, 3.63) is 78.6 Å². The summed E-state index contributed by atoms with van der Waals surface area (Å²) in [4.78, 5) is 23.9. The van der Waals surface area contributed by atoms with E-state index in [9.17, 15) is 28.6 Å². The summed E-state index contributed by atoms with van der Waals surface area (Å²) in [5.74, 6) is -2.73. The first-order valence-corrected chi connectivity index (χ1v) is 9.04. The molecule has 3 rings (SSSR count). The minimum Gasteiger partial charge on any atom is -0.477 e. The average molecular weight is 485 g/mol. The molecule has 8 heteroatoms. The van der Waals surface area contributed by atoms with Crippen molar-refractivity contribution in [2.24, 2.45) is 0 Å². The Morgan fingerprint density at radius 3 is 2.59 bits per heavy atom. The van der Waals surface area contributed by atoms with Crippen molar-refractivity contribution < 1.29 is 23.8 Å². The third-order valence-corrected chi connectivity index (χ3v) is 5.07. The molecule has 0 amide bonds. The van der Waals surface area contributed by atoms with Gasteiger partial charge in [-0.3, -0.25) is 4.79 Å². The number of nitrogens with zero attached hydrogens (tertiary/aromatic N) is 1. The number of aliphatic hydroxyl groups excluding tert-OH is 1. The largest absolute Gasteiger partial charge is 0.477 e. The lowest BCUT2D eigenvalue weighted by Crippen LogP contribution is -2.20. The molecular weight excluding hydrogens is 471 g/mol. The Morgan fingerprint density at radius 2 is 1.93 bits per heavy atom. The summed E-state index contributed by atoms with van der Waals surface area (Å²) in [6, 6.07) is 7.16. The van der Waals surface area contributed by atoms with Crippen molar-refractivity contribution in [3.8, 4) is 0 Å². The number of hydrogen-bond donors (Lipinski definition) is 2. The Balaban J connectivity index is 2.18. The third kappa shape index (κ3) is 3.72. The Labute approximate surface area is 166 Å². The standard InChI is InChI=1S/C19H14F2INO4/c20-14-2-3-15(22)17(21)11(14)7-10-1-4-16-12(8-10)18(25)13(19(26)27)9-23(16)5-6-24/h1-4,8-9,24H,5-7H2,(H,26,27). The molecule has 0 radical (unpaired) electrons. The van der Waals surface area contributed by atoms with Crippen LogP contribution >= 0.6 is 22.6 Å². The van der Waals surface area contributed by atoms with E-state index in [0.29, 0.717) is 11.1 Å². The quantitative estimate of drug-likeness (QED) is 0.430. The summed E-state index contributed by atoms with van der Waals surface area (Å²) in [5, 5.41) is 18.6. The summed E-state index contributed by atoms with van der Waals surface area (Å²) < 4.78 is 30.0. The number of benzene rings is 2. The molecule has 2 aromatic carbocycles. The number of hydrogen-bond acceptors (Lipinski definition) is 3. The maximum Gasteiger partial charge on any atom is 0.341 e. The Hall–Kier alpha value is -2.33. The molecular formula is C19H14F2INO4. The lowest BCUT2D eigenvalue weighted by atomic mass is 10.0. The third-order valence-electron chi connectivity index (χ3n) is 4.24. The van der Waals surface area contributed by atoms with Gasteiger partial charge in [-0.25, -0.2) is 13.6 Å². The number of fused-ring (bicyclic) bond motifs is 1. The second-order valence-corrected chi connectivity index (χ2v) is 7.11. The Bertz CT molecular complexity index is 1110. The smallest absolute Gasteiger partial charge is 0.341 e. The Kier molecular flexibility index (Phi) is 5.56. The number of aliphatic hydroxyl groups is 1. The fraction of sp³-hybridized carbons (Fsp3) is 0.158. The molecule has 1 heterocycles. The highest BCUT2D eigenvalue weighted by Crippen LogP contribution is 2.23. The van der Waals surface area contributed by atoms with Crippen LogP contribution in [0.25, 0.3) is 10.9 Å². The molecule has 0 saturated carbocycles. The molecule has 3 aromatic rings. The van der Waals surface area contributed by atoms with E-state index in [1.54, 1.807) is 34.7 Å². The number of aromatic nitrogens is 1. The zero-order valence-electron chi connectivity index (χ0n) is 13.9.